The lowest BCUT2D eigenvalue weighted by Crippen LogP contribution is -2.12. The van der Waals surface area contributed by atoms with Crippen LogP contribution in [0, 0.1) is 6.92 Å². The van der Waals surface area contributed by atoms with Crippen LogP contribution in [-0.4, -0.2) is 24.4 Å². The molecule has 2 aromatic heterocycles. The Balaban J connectivity index is 1.92. The molecule has 1 aromatic carbocycles. The molecule has 0 amide bonds. The molecule has 1 atom stereocenters. The van der Waals surface area contributed by atoms with Gasteiger partial charge in [-0.1, -0.05) is 12.1 Å². The SMILES string of the molecule is CCn1nc(C)cc1C(O)Cc1nc2ccccc2n1C. The first-order valence-corrected chi connectivity index (χ1v) is 7.23. The van der Waals surface area contributed by atoms with Gasteiger partial charge < -0.3 is 9.67 Å². The van der Waals surface area contributed by atoms with Crippen molar-refractivity contribution in [1.29, 1.82) is 0 Å². The van der Waals surface area contributed by atoms with Gasteiger partial charge in [-0.05, 0) is 32.0 Å². The van der Waals surface area contributed by atoms with Crippen LogP contribution in [-0.2, 0) is 20.0 Å². The third-order valence-electron chi connectivity index (χ3n) is 3.83. The van der Waals surface area contributed by atoms with Crippen LogP contribution in [0.4, 0.5) is 0 Å². The van der Waals surface area contributed by atoms with Crippen molar-refractivity contribution in [3.8, 4) is 0 Å². The fraction of sp³-hybridized carbons (Fsp3) is 0.375. The number of hydrogen-bond donors (Lipinski definition) is 1. The van der Waals surface area contributed by atoms with E-state index in [0.717, 1.165) is 34.8 Å². The predicted octanol–water partition coefficient (Wildman–Crippen LogP) is 2.37. The number of fused-ring (bicyclic) bond motifs is 1. The molecular weight excluding hydrogens is 264 g/mol. The van der Waals surface area contributed by atoms with E-state index in [1.54, 1.807) is 0 Å². The van der Waals surface area contributed by atoms with Gasteiger partial charge in [0, 0.05) is 20.0 Å². The fourth-order valence-corrected chi connectivity index (χ4v) is 2.74. The van der Waals surface area contributed by atoms with Crippen LogP contribution in [0.5, 0.6) is 0 Å². The zero-order valence-corrected chi connectivity index (χ0v) is 12.6. The van der Waals surface area contributed by atoms with Crippen LogP contribution in [0.1, 0.15) is 30.2 Å². The zero-order valence-electron chi connectivity index (χ0n) is 12.6. The first kappa shape index (κ1) is 13.8. The average molecular weight is 284 g/mol. The Morgan fingerprint density at radius 1 is 1.29 bits per heavy atom. The number of aryl methyl sites for hydroxylation is 3. The van der Waals surface area contributed by atoms with Gasteiger partial charge in [-0.25, -0.2) is 4.98 Å². The largest absolute Gasteiger partial charge is 0.386 e. The molecule has 0 radical (unpaired) electrons. The van der Waals surface area contributed by atoms with Crippen molar-refractivity contribution >= 4 is 11.0 Å². The fourth-order valence-electron chi connectivity index (χ4n) is 2.74. The summed E-state index contributed by atoms with van der Waals surface area (Å²) < 4.78 is 3.89. The summed E-state index contributed by atoms with van der Waals surface area (Å²) in [6, 6.07) is 9.95. The van der Waals surface area contributed by atoms with E-state index in [2.05, 4.69) is 10.1 Å². The molecule has 1 N–H and O–H groups in total. The molecule has 0 saturated carbocycles. The molecule has 5 heteroatoms. The predicted molar refractivity (Wildman–Crippen MR) is 82.0 cm³/mol. The number of aliphatic hydroxyl groups is 1. The van der Waals surface area contributed by atoms with Gasteiger partial charge in [0.05, 0.1) is 22.4 Å². The molecule has 0 aliphatic heterocycles. The molecule has 0 fully saturated rings. The summed E-state index contributed by atoms with van der Waals surface area (Å²) in [6.45, 7) is 4.72. The molecule has 3 aromatic rings. The molecule has 3 rings (SSSR count). The van der Waals surface area contributed by atoms with Crippen molar-refractivity contribution in [3.63, 3.8) is 0 Å². The number of nitrogens with zero attached hydrogens (tertiary/aromatic N) is 4. The minimum absolute atomic E-state index is 0.482. The number of para-hydroxylation sites is 2. The van der Waals surface area contributed by atoms with Crippen molar-refractivity contribution in [2.75, 3.05) is 0 Å². The van der Waals surface area contributed by atoms with Crippen LogP contribution in [0.2, 0.25) is 0 Å². The van der Waals surface area contributed by atoms with Crippen LogP contribution in [0.25, 0.3) is 11.0 Å². The molecular formula is C16H20N4O. The van der Waals surface area contributed by atoms with Crippen molar-refractivity contribution in [2.45, 2.75) is 32.9 Å². The molecule has 21 heavy (non-hydrogen) atoms. The van der Waals surface area contributed by atoms with Gasteiger partial charge in [0.25, 0.3) is 0 Å². The molecule has 5 nitrogen and oxygen atoms in total. The van der Waals surface area contributed by atoms with Gasteiger partial charge in [-0.3, -0.25) is 4.68 Å². The Labute approximate surface area is 123 Å². The molecule has 0 saturated heterocycles. The van der Waals surface area contributed by atoms with Crippen LogP contribution >= 0.6 is 0 Å². The second-order valence-electron chi connectivity index (χ2n) is 5.32. The van der Waals surface area contributed by atoms with Crippen LogP contribution < -0.4 is 0 Å². The van der Waals surface area contributed by atoms with Crippen molar-refractivity contribution in [1.82, 2.24) is 19.3 Å². The van der Waals surface area contributed by atoms with E-state index in [0.29, 0.717) is 6.42 Å². The summed E-state index contributed by atoms with van der Waals surface area (Å²) in [5, 5.41) is 14.9. The van der Waals surface area contributed by atoms with Gasteiger partial charge in [0.2, 0.25) is 0 Å². The maximum atomic E-state index is 10.5. The minimum Gasteiger partial charge on any atom is -0.386 e. The summed E-state index contributed by atoms with van der Waals surface area (Å²) in [5.74, 6) is 0.880. The van der Waals surface area contributed by atoms with E-state index in [1.807, 2.05) is 60.5 Å². The lowest BCUT2D eigenvalue weighted by Gasteiger charge is -2.12. The molecule has 2 heterocycles. The van der Waals surface area contributed by atoms with E-state index in [4.69, 9.17) is 0 Å². The summed E-state index contributed by atoms with van der Waals surface area (Å²) in [5.41, 5.74) is 3.82. The minimum atomic E-state index is -0.596. The van der Waals surface area contributed by atoms with Crippen LogP contribution in [0.3, 0.4) is 0 Å². The molecule has 0 aliphatic carbocycles. The molecule has 0 bridgehead atoms. The van der Waals surface area contributed by atoms with Gasteiger partial charge in [-0.2, -0.15) is 5.10 Å². The standard InChI is InChI=1S/C16H20N4O/c1-4-20-14(9-11(2)18-20)15(21)10-16-17-12-7-5-6-8-13(12)19(16)3/h5-9,15,21H,4,10H2,1-3H3. The average Bonchev–Trinajstić information content (AvgIpc) is 3.01. The quantitative estimate of drug-likeness (QED) is 0.800. The first-order valence-electron chi connectivity index (χ1n) is 7.23. The lowest BCUT2D eigenvalue weighted by molar-refractivity contribution is 0.164. The smallest absolute Gasteiger partial charge is 0.112 e. The number of hydrogen-bond acceptors (Lipinski definition) is 3. The number of aromatic nitrogens is 4. The Morgan fingerprint density at radius 3 is 2.76 bits per heavy atom. The van der Waals surface area contributed by atoms with E-state index < -0.39 is 6.10 Å². The van der Waals surface area contributed by atoms with Crippen LogP contribution in [0.15, 0.2) is 30.3 Å². The van der Waals surface area contributed by atoms with E-state index in [1.165, 1.54) is 0 Å². The van der Waals surface area contributed by atoms with Gasteiger partial charge in [-0.15, -0.1) is 0 Å². The summed E-state index contributed by atoms with van der Waals surface area (Å²) in [7, 11) is 1.99. The highest BCUT2D eigenvalue weighted by atomic mass is 16.3. The second kappa shape index (κ2) is 5.33. The highest BCUT2D eigenvalue weighted by Crippen LogP contribution is 2.21. The second-order valence-corrected chi connectivity index (χ2v) is 5.32. The van der Waals surface area contributed by atoms with Crippen molar-refractivity contribution in [3.05, 3.63) is 47.5 Å². The zero-order chi connectivity index (χ0) is 15.0. The van der Waals surface area contributed by atoms with E-state index >= 15 is 0 Å². The summed E-state index contributed by atoms with van der Waals surface area (Å²) in [6.07, 6.45) is -0.113. The Bertz CT molecular complexity index is 772. The molecule has 0 aliphatic rings. The highest BCUT2D eigenvalue weighted by Gasteiger charge is 2.18. The van der Waals surface area contributed by atoms with Crippen molar-refractivity contribution < 1.29 is 5.11 Å². The summed E-state index contributed by atoms with van der Waals surface area (Å²) in [4.78, 5) is 4.61. The Hall–Kier alpha value is -2.14. The first-order chi connectivity index (χ1) is 10.1. The number of aliphatic hydroxyl groups excluding tert-OH is 1. The maximum absolute atomic E-state index is 10.5. The lowest BCUT2D eigenvalue weighted by atomic mass is 10.1. The monoisotopic (exact) mass is 284 g/mol. The van der Waals surface area contributed by atoms with E-state index in [-0.39, 0.29) is 0 Å². The number of benzene rings is 1. The third kappa shape index (κ3) is 2.45. The normalized spacial score (nSPS) is 13.0. The molecule has 110 valence electrons. The van der Waals surface area contributed by atoms with Gasteiger partial charge in [0.15, 0.2) is 0 Å². The summed E-state index contributed by atoms with van der Waals surface area (Å²) >= 11 is 0. The Morgan fingerprint density at radius 2 is 2.05 bits per heavy atom. The number of rotatable bonds is 4. The maximum Gasteiger partial charge on any atom is 0.112 e. The third-order valence-corrected chi connectivity index (χ3v) is 3.83. The Kier molecular flexibility index (Phi) is 3.51. The highest BCUT2D eigenvalue weighted by molar-refractivity contribution is 5.75. The number of imidazole rings is 1. The van der Waals surface area contributed by atoms with Crippen molar-refractivity contribution in [2.24, 2.45) is 7.05 Å². The van der Waals surface area contributed by atoms with Gasteiger partial charge in [0.1, 0.15) is 11.9 Å². The van der Waals surface area contributed by atoms with E-state index in [9.17, 15) is 5.11 Å². The van der Waals surface area contributed by atoms with Gasteiger partial charge >= 0.3 is 0 Å². The topological polar surface area (TPSA) is 55.9 Å². The molecule has 1 unspecified atom stereocenters. The molecule has 0 spiro atoms.